The zero-order valence-electron chi connectivity index (χ0n) is 18.1. The molecule has 2 heterocycles. The maximum absolute atomic E-state index is 13.2. The first-order chi connectivity index (χ1) is 13.8. The van der Waals surface area contributed by atoms with Crippen LogP contribution in [0.4, 0.5) is 0 Å². The van der Waals surface area contributed by atoms with Gasteiger partial charge in [-0.1, -0.05) is 23.9 Å². The summed E-state index contributed by atoms with van der Waals surface area (Å²) in [6, 6.07) is 8.35. The molecule has 0 saturated heterocycles. The molecule has 0 aliphatic heterocycles. The Morgan fingerprint density at radius 1 is 1.10 bits per heavy atom. The first-order valence-corrected chi connectivity index (χ1v) is 11.1. The summed E-state index contributed by atoms with van der Waals surface area (Å²) < 4.78 is 7.50. The van der Waals surface area contributed by atoms with E-state index in [2.05, 4.69) is 37.6 Å². The highest BCUT2D eigenvalue weighted by molar-refractivity contribution is 7.98. The molecule has 0 bridgehead atoms. The van der Waals surface area contributed by atoms with Crippen molar-refractivity contribution in [2.24, 2.45) is 0 Å². The van der Waals surface area contributed by atoms with Gasteiger partial charge in [0.2, 0.25) is 5.89 Å². The topological polar surface area (TPSA) is 64.2 Å². The number of fused-ring (bicyclic) bond motifs is 1. The lowest BCUT2D eigenvalue weighted by Crippen LogP contribution is -2.40. The zero-order valence-corrected chi connectivity index (χ0v) is 18.9. The van der Waals surface area contributed by atoms with Gasteiger partial charge in [0.15, 0.2) is 5.16 Å². The quantitative estimate of drug-likeness (QED) is 0.402. The number of rotatable bonds is 8. The number of oxazole rings is 1. The van der Waals surface area contributed by atoms with Gasteiger partial charge in [0, 0.05) is 25.2 Å². The van der Waals surface area contributed by atoms with E-state index in [1.165, 1.54) is 11.8 Å². The maximum Gasteiger partial charge on any atom is 0.262 e. The Morgan fingerprint density at radius 2 is 1.79 bits per heavy atom. The fraction of sp³-hybridized carbons (Fsp3) is 0.500. The highest BCUT2D eigenvalue weighted by atomic mass is 32.2. The number of benzene rings is 1. The van der Waals surface area contributed by atoms with Gasteiger partial charge in [-0.25, -0.2) is 9.97 Å². The average molecular weight is 415 g/mol. The van der Waals surface area contributed by atoms with Crippen LogP contribution in [-0.2, 0) is 12.3 Å². The van der Waals surface area contributed by atoms with E-state index in [0.29, 0.717) is 40.8 Å². The summed E-state index contributed by atoms with van der Waals surface area (Å²) in [4.78, 5) is 24.8. The minimum Gasteiger partial charge on any atom is -0.445 e. The SMILES string of the molecule is Cc1nc(CSc2nc3ccccc3c(=O)n2CCN(C(C)C)C(C)C)oc1C. The van der Waals surface area contributed by atoms with E-state index in [1.54, 1.807) is 4.57 Å². The monoisotopic (exact) mass is 414 g/mol. The van der Waals surface area contributed by atoms with Gasteiger partial charge in [0.05, 0.1) is 22.3 Å². The van der Waals surface area contributed by atoms with Gasteiger partial charge in [-0.15, -0.1) is 0 Å². The van der Waals surface area contributed by atoms with E-state index in [9.17, 15) is 4.79 Å². The van der Waals surface area contributed by atoms with Gasteiger partial charge < -0.3 is 4.42 Å². The smallest absolute Gasteiger partial charge is 0.262 e. The number of aryl methyl sites for hydroxylation is 2. The molecule has 0 fully saturated rings. The molecular formula is C22H30N4O2S. The molecule has 0 amide bonds. The van der Waals surface area contributed by atoms with E-state index >= 15 is 0 Å². The van der Waals surface area contributed by atoms with Crippen LogP contribution in [0, 0.1) is 13.8 Å². The fourth-order valence-electron chi connectivity index (χ4n) is 3.51. The molecular weight excluding hydrogens is 384 g/mol. The second-order valence-corrected chi connectivity index (χ2v) is 8.77. The molecule has 6 nitrogen and oxygen atoms in total. The number of hydrogen-bond acceptors (Lipinski definition) is 6. The van der Waals surface area contributed by atoms with Crippen LogP contribution < -0.4 is 5.56 Å². The van der Waals surface area contributed by atoms with E-state index in [1.807, 2.05) is 38.1 Å². The zero-order chi connectivity index (χ0) is 21.1. The van der Waals surface area contributed by atoms with Gasteiger partial charge >= 0.3 is 0 Å². The van der Waals surface area contributed by atoms with Crippen LogP contribution in [0.5, 0.6) is 0 Å². The van der Waals surface area contributed by atoms with Crippen molar-refractivity contribution in [2.75, 3.05) is 6.54 Å². The molecule has 0 atom stereocenters. The molecule has 29 heavy (non-hydrogen) atoms. The van der Waals surface area contributed by atoms with Crippen molar-refractivity contribution >= 4 is 22.7 Å². The number of aromatic nitrogens is 3. The lowest BCUT2D eigenvalue weighted by atomic mass is 10.2. The molecule has 0 spiro atoms. The van der Waals surface area contributed by atoms with Gasteiger partial charge in [-0.3, -0.25) is 14.3 Å². The Hall–Kier alpha value is -2.12. The molecule has 0 aliphatic rings. The summed E-state index contributed by atoms with van der Waals surface area (Å²) in [7, 11) is 0. The predicted molar refractivity (Wildman–Crippen MR) is 119 cm³/mol. The second kappa shape index (κ2) is 9.13. The van der Waals surface area contributed by atoms with Crippen LogP contribution >= 0.6 is 11.8 Å². The number of nitrogens with zero attached hydrogens (tertiary/aromatic N) is 4. The highest BCUT2D eigenvalue weighted by Crippen LogP contribution is 2.23. The average Bonchev–Trinajstić information content (AvgIpc) is 2.99. The van der Waals surface area contributed by atoms with Crippen molar-refractivity contribution in [3.63, 3.8) is 0 Å². The Morgan fingerprint density at radius 3 is 2.41 bits per heavy atom. The number of hydrogen-bond donors (Lipinski definition) is 0. The van der Waals surface area contributed by atoms with E-state index in [0.717, 1.165) is 23.5 Å². The highest BCUT2D eigenvalue weighted by Gasteiger charge is 2.17. The van der Waals surface area contributed by atoms with Crippen LogP contribution in [0.25, 0.3) is 10.9 Å². The predicted octanol–water partition coefficient (Wildman–Crippen LogP) is 4.41. The first-order valence-electron chi connectivity index (χ1n) is 10.1. The molecule has 0 aliphatic carbocycles. The largest absolute Gasteiger partial charge is 0.445 e. The summed E-state index contributed by atoms with van der Waals surface area (Å²) in [5, 5.41) is 1.36. The van der Waals surface area contributed by atoms with Gasteiger partial charge in [-0.05, 0) is 53.7 Å². The molecule has 1 aromatic carbocycles. The molecule has 156 valence electrons. The summed E-state index contributed by atoms with van der Waals surface area (Å²) in [6.45, 7) is 14.0. The molecule has 3 rings (SSSR count). The molecule has 0 radical (unpaired) electrons. The number of thioether (sulfide) groups is 1. The summed E-state index contributed by atoms with van der Waals surface area (Å²) in [5.74, 6) is 2.02. The normalized spacial score (nSPS) is 12.0. The first kappa shape index (κ1) is 21.6. The van der Waals surface area contributed by atoms with Crippen molar-refractivity contribution in [1.29, 1.82) is 0 Å². The maximum atomic E-state index is 13.2. The van der Waals surface area contributed by atoms with Crippen LogP contribution in [0.15, 0.2) is 38.6 Å². The van der Waals surface area contributed by atoms with Crippen molar-refractivity contribution in [1.82, 2.24) is 19.4 Å². The molecule has 2 aromatic heterocycles. The summed E-state index contributed by atoms with van der Waals surface area (Å²) in [6.07, 6.45) is 0. The number of para-hydroxylation sites is 1. The van der Waals surface area contributed by atoms with E-state index < -0.39 is 0 Å². The second-order valence-electron chi connectivity index (χ2n) is 7.83. The third kappa shape index (κ3) is 4.90. The molecule has 0 N–H and O–H groups in total. The van der Waals surface area contributed by atoms with Gasteiger partial charge in [0.1, 0.15) is 5.76 Å². The van der Waals surface area contributed by atoms with Crippen LogP contribution in [0.3, 0.4) is 0 Å². The Labute approximate surface area is 176 Å². The van der Waals surface area contributed by atoms with E-state index in [-0.39, 0.29) is 5.56 Å². The lowest BCUT2D eigenvalue weighted by molar-refractivity contribution is 0.166. The van der Waals surface area contributed by atoms with Gasteiger partial charge in [-0.2, -0.15) is 0 Å². The third-order valence-corrected chi connectivity index (χ3v) is 6.09. The molecule has 0 saturated carbocycles. The van der Waals surface area contributed by atoms with Crippen molar-refractivity contribution in [3.05, 3.63) is 52.0 Å². The van der Waals surface area contributed by atoms with Crippen molar-refractivity contribution < 1.29 is 4.42 Å². The molecule has 3 aromatic rings. The minimum atomic E-state index is 0.00493. The van der Waals surface area contributed by atoms with Crippen molar-refractivity contribution in [3.8, 4) is 0 Å². The van der Waals surface area contributed by atoms with Crippen LogP contribution in [0.1, 0.15) is 45.0 Å². The Kier molecular flexibility index (Phi) is 6.80. The Bertz CT molecular complexity index is 1010. The third-order valence-electron chi connectivity index (χ3n) is 5.13. The lowest BCUT2D eigenvalue weighted by Gasteiger charge is -2.30. The molecule has 0 unspecified atom stereocenters. The van der Waals surface area contributed by atoms with Gasteiger partial charge in [0.25, 0.3) is 5.56 Å². The fourth-order valence-corrected chi connectivity index (χ4v) is 4.38. The summed E-state index contributed by atoms with van der Waals surface area (Å²) >= 11 is 1.50. The van der Waals surface area contributed by atoms with Crippen molar-refractivity contribution in [2.45, 2.75) is 71.1 Å². The Balaban J connectivity index is 1.93. The summed E-state index contributed by atoms with van der Waals surface area (Å²) in [5.41, 5.74) is 1.62. The van der Waals surface area contributed by atoms with Crippen LogP contribution in [-0.4, -0.2) is 38.1 Å². The minimum absolute atomic E-state index is 0.00493. The standard InChI is InChI=1S/C22H30N4O2S/c1-14(2)25(15(3)4)11-12-26-21(27)18-9-7-8-10-19(18)24-22(26)29-13-20-23-16(5)17(6)28-20/h7-10,14-15H,11-13H2,1-6H3. The van der Waals surface area contributed by atoms with E-state index in [4.69, 9.17) is 9.40 Å². The van der Waals surface area contributed by atoms with Crippen LogP contribution in [0.2, 0.25) is 0 Å². The molecule has 7 heteroatoms.